The Hall–Kier alpha value is -1.47. The summed E-state index contributed by atoms with van der Waals surface area (Å²) in [6.45, 7) is 4.35. The first-order valence-electron chi connectivity index (χ1n) is 5.17. The molecule has 7 heteroatoms. The first-order valence-corrected chi connectivity index (χ1v) is 6.04. The van der Waals surface area contributed by atoms with Crippen molar-refractivity contribution in [1.29, 1.82) is 0 Å². The van der Waals surface area contributed by atoms with Gasteiger partial charge in [-0.25, -0.2) is 9.78 Å². The molecule has 0 aliphatic carbocycles. The van der Waals surface area contributed by atoms with Crippen molar-refractivity contribution in [3.8, 4) is 0 Å². The number of rotatable bonds is 6. The topological polar surface area (TPSA) is 91.3 Å². The van der Waals surface area contributed by atoms with Crippen molar-refractivity contribution in [2.75, 3.05) is 6.54 Å². The Morgan fingerprint density at radius 1 is 1.53 bits per heavy atom. The van der Waals surface area contributed by atoms with Crippen LogP contribution in [0.3, 0.4) is 0 Å². The van der Waals surface area contributed by atoms with Crippen LogP contribution in [0.2, 0.25) is 0 Å². The minimum atomic E-state index is -1.03. The first kappa shape index (κ1) is 13.6. The molecule has 0 aliphatic heterocycles. The average Bonchev–Trinajstić information content (AvgIpc) is 2.65. The molecule has 0 unspecified atom stereocenters. The van der Waals surface area contributed by atoms with Gasteiger partial charge in [0.1, 0.15) is 0 Å². The van der Waals surface area contributed by atoms with Crippen LogP contribution in [0.1, 0.15) is 29.3 Å². The summed E-state index contributed by atoms with van der Waals surface area (Å²) in [7, 11) is 0. The zero-order valence-corrected chi connectivity index (χ0v) is 10.5. The van der Waals surface area contributed by atoms with E-state index in [9.17, 15) is 9.59 Å². The smallest absolute Gasteiger partial charge is 0.365 e. The minimum Gasteiger partial charge on any atom is -0.476 e. The number of nitrogens with one attached hydrogen (secondary N) is 2. The largest absolute Gasteiger partial charge is 0.476 e. The number of aromatic nitrogens is 1. The van der Waals surface area contributed by atoms with E-state index in [0.717, 1.165) is 11.3 Å². The lowest BCUT2D eigenvalue weighted by atomic mass is 10.4. The highest BCUT2D eigenvalue weighted by atomic mass is 32.1. The van der Waals surface area contributed by atoms with Crippen LogP contribution in [0, 0.1) is 0 Å². The van der Waals surface area contributed by atoms with E-state index in [0.29, 0.717) is 12.2 Å². The average molecular weight is 257 g/mol. The van der Waals surface area contributed by atoms with Crippen molar-refractivity contribution < 1.29 is 14.7 Å². The molecule has 0 spiro atoms. The molecule has 1 heterocycles. The molecule has 0 bridgehead atoms. The van der Waals surface area contributed by atoms with Crippen LogP contribution in [0.4, 0.5) is 0 Å². The number of carbonyl (C=O) groups is 2. The Morgan fingerprint density at radius 3 is 2.76 bits per heavy atom. The van der Waals surface area contributed by atoms with Crippen LogP contribution in [-0.2, 0) is 11.3 Å². The molecule has 6 nitrogen and oxygen atoms in total. The second kappa shape index (κ2) is 6.31. The van der Waals surface area contributed by atoms with Gasteiger partial charge in [-0.15, -0.1) is 11.3 Å². The molecule has 0 aliphatic rings. The zero-order valence-electron chi connectivity index (χ0n) is 9.69. The number of carboxylic acids is 1. The molecule has 1 amide bonds. The maximum Gasteiger partial charge on any atom is 0.365 e. The van der Waals surface area contributed by atoms with Crippen molar-refractivity contribution >= 4 is 23.2 Å². The van der Waals surface area contributed by atoms with Crippen molar-refractivity contribution in [3.63, 3.8) is 0 Å². The fourth-order valence-corrected chi connectivity index (χ4v) is 1.82. The summed E-state index contributed by atoms with van der Waals surface area (Å²) in [5.41, 5.74) is 0.629. The van der Waals surface area contributed by atoms with E-state index in [-0.39, 0.29) is 23.5 Å². The summed E-state index contributed by atoms with van der Waals surface area (Å²) in [4.78, 5) is 25.7. The number of hydrogen-bond acceptors (Lipinski definition) is 5. The standard InChI is InChI=1S/C10H15N3O3S/c1-6(2)12-8(14)4-11-3-7-5-17-9(13-7)10(15)16/h5-6,11H,3-4H2,1-2H3,(H,12,14)(H,15,16). The van der Waals surface area contributed by atoms with Gasteiger partial charge in [-0.3, -0.25) is 4.79 Å². The fraction of sp³-hybridized carbons (Fsp3) is 0.500. The Labute approximate surface area is 103 Å². The van der Waals surface area contributed by atoms with Gasteiger partial charge in [0, 0.05) is 18.0 Å². The van der Waals surface area contributed by atoms with Gasteiger partial charge in [-0.2, -0.15) is 0 Å². The van der Waals surface area contributed by atoms with E-state index in [4.69, 9.17) is 5.11 Å². The summed E-state index contributed by atoms with van der Waals surface area (Å²) in [6, 6.07) is 0.113. The highest BCUT2D eigenvalue weighted by Gasteiger charge is 2.09. The molecule has 0 radical (unpaired) electrons. The third-order valence-corrected chi connectivity index (χ3v) is 2.66. The number of hydrogen-bond donors (Lipinski definition) is 3. The predicted molar refractivity (Wildman–Crippen MR) is 64.1 cm³/mol. The molecule has 1 aromatic heterocycles. The summed E-state index contributed by atoms with van der Waals surface area (Å²) < 4.78 is 0. The molecule has 0 fully saturated rings. The van der Waals surface area contributed by atoms with Crippen LogP contribution in [0.25, 0.3) is 0 Å². The number of amides is 1. The molecule has 94 valence electrons. The Kier molecular flexibility index (Phi) is 5.05. The van der Waals surface area contributed by atoms with E-state index in [2.05, 4.69) is 15.6 Å². The lowest BCUT2D eigenvalue weighted by molar-refractivity contribution is -0.120. The van der Waals surface area contributed by atoms with Gasteiger partial charge in [-0.1, -0.05) is 0 Å². The Bertz CT molecular complexity index is 403. The molecule has 0 aromatic carbocycles. The molecule has 17 heavy (non-hydrogen) atoms. The van der Waals surface area contributed by atoms with Crippen LogP contribution in [0.15, 0.2) is 5.38 Å². The highest BCUT2D eigenvalue weighted by Crippen LogP contribution is 2.08. The van der Waals surface area contributed by atoms with E-state index in [1.807, 2.05) is 13.8 Å². The fourth-order valence-electron chi connectivity index (χ4n) is 1.16. The van der Waals surface area contributed by atoms with E-state index in [1.165, 1.54) is 0 Å². The number of carboxylic acid groups (broad SMARTS) is 1. The van der Waals surface area contributed by atoms with Gasteiger partial charge < -0.3 is 15.7 Å². The van der Waals surface area contributed by atoms with Gasteiger partial charge in [0.2, 0.25) is 10.9 Å². The Morgan fingerprint density at radius 2 is 2.24 bits per heavy atom. The van der Waals surface area contributed by atoms with Gasteiger partial charge >= 0.3 is 5.97 Å². The van der Waals surface area contributed by atoms with E-state index < -0.39 is 5.97 Å². The number of aromatic carboxylic acids is 1. The van der Waals surface area contributed by atoms with Gasteiger partial charge in [0.25, 0.3) is 0 Å². The highest BCUT2D eigenvalue weighted by molar-refractivity contribution is 7.11. The lowest BCUT2D eigenvalue weighted by Crippen LogP contribution is -2.37. The summed E-state index contributed by atoms with van der Waals surface area (Å²) in [6.07, 6.45) is 0. The minimum absolute atomic E-state index is 0.0634. The predicted octanol–water partition coefficient (Wildman–Crippen LogP) is 0.455. The third kappa shape index (κ3) is 4.92. The number of thiazole rings is 1. The first-order chi connectivity index (χ1) is 7.99. The van der Waals surface area contributed by atoms with Crippen molar-refractivity contribution in [1.82, 2.24) is 15.6 Å². The van der Waals surface area contributed by atoms with Crippen molar-refractivity contribution in [3.05, 3.63) is 16.1 Å². The van der Waals surface area contributed by atoms with Crippen LogP contribution in [0.5, 0.6) is 0 Å². The van der Waals surface area contributed by atoms with Crippen molar-refractivity contribution in [2.45, 2.75) is 26.4 Å². The van der Waals surface area contributed by atoms with Crippen molar-refractivity contribution in [2.24, 2.45) is 0 Å². The molecular formula is C10H15N3O3S. The van der Waals surface area contributed by atoms with Crippen LogP contribution >= 0.6 is 11.3 Å². The van der Waals surface area contributed by atoms with Crippen LogP contribution < -0.4 is 10.6 Å². The second-order valence-electron chi connectivity index (χ2n) is 3.77. The molecule has 0 saturated carbocycles. The quantitative estimate of drug-likeness (QED) is 0.688. The summed E-state index contributed by atoms with van der Waals surface area (Å²) in [5, 5.41) is 16.0. The monoisotopic (exact) mass is 257 g/mol. The second-order valence-corrected chi connectivity index (χ2v) is 4.63. The molecule has 0 saturated heterocycles. The summed E-state index contributed by atoms with van der Waals surface area (Å²) >= 11 is 1.08. The Balaban J connectivity index is 2.31. The van der Waals surface area contributed by atoms with Crippen LogP contribution in [-0.4, -0.2) is 34.6 Å². The van der Waals surface area contributed by atoms with E-state index >= 15 is 0 Å². The molecule has 1 aromatic rings. The molecule has 0 atom stereocenters. The third-order valence-electron chi connectivity index (χ3n) is 1.78. The zero-order chi connectivity index (χ0) is 12.8. The van der Waals surface area contributed by atoms with Gasteiger partial charge in [-0.05, 0) is 13.8 Å². The number of carbonyl (C=O) groups excluding carboxylic acids is 1. The molecule has 1 rings (SSSR count). The molecular weight excluding hydrogens is 242 g/mol. The van der Waals surface area contributed by atoms with Gasteiger partial charge in [0.05, 0.1) is 12.2 Å². The normalized spacial score (nSPS) is 10.5. The SMILES string of the molecule is CC(C)NC(=O)CNCc1csc(C(=O)O)n1. The number of nitrogens with zero attached hydrogens (tertiary/aromatic N) is 1. The lowest BCUT2D eigenvalue weighted by Gasteiger charge is -2.08. The molecule has 3 N–H and O–H groups in total. The maximum atomic E-state index is 11.3. The van der Waals surface area contributed by atoms with E-state index in [1.54, 1.807) is 5.38 Å². The maximum absolute atomic E-state index is 11.3. The summed E-state index contributed by atoms with van der Waals surface area (Å²) in [5.74, 6) is -1.12. The van der Waals surface area contributed by atoms with Gasteiger partial charge in [0.15, 0.2) is 0 Å².